The van der Waals surface area contributed by atoms with Gasteiger partial charge in [0.2, 0.25) is 7.59 Å². The van der Waals surface area contributed by atoms with Crippen LogP contribution in [0.2, 0.25) is 0 Å². The van der Waals surface area contributed by atoms with Crippen molar-refractivity contribution in [2.45, 2.75) is 14.0 Å². The summed E-state index contributed by atoms with van der Waals surface area (Å²) < 4.78 is -3.03. The summed E-state index contributed by atoms with van der Waals surface area (Å²) in [4.78, 5) is 0. The molecule has 0 aromatic heterocycles. The SMILES string of the molecule is [CH2]Cc1cc(C(Cl)(Cl)Cl)cc2cccc(C(Cl)(Cl)Cl)c12. The van der Waals surface area contributed by atoms with Crippen LogP contribution in [-0.2, 0) is 14.0 Å². The zero-order chi connectivity index (χ0) is 15.1. The Hall–Kier alpha value is 0.440. The van der Waals surface area contributed by atoms with Crippen LogP contribution >= 0.6 is 69.6 Å². The fraction of sp³-hybridized carbons (Fsp3) is 0.214. The molecule has 0 aliphatic heterocycles. The van der Waals surface area contributed by atoms with Crippen molar-refractivity contribution in [3.63, 3.8) is 0 Å². The van der Waals surface area contributed by atoms with Gasteiger partial charge in [0.05, 0.1) is 0 Å². The molecule has 0 spiro atoms. The first kappa shape index (κ1) is 16.8. The number of fused-ring (bicyclic) bond motifs is 1. The van der Waals surface area contributed by atoms with Crippen LogP contribution in [0.3, 0.4) is 0 Å². The van der Waals surface area contributed by atoms with Gasteiger partial charge in [-0.1, -0.05) is 93.9 Å². The van der Waals surface area contributed by atoms with E-state index in [1.165, 1.54) is 0 Å². The molecule has 0 saturated heterocycles. The lowest BCUT2D eigenvalue weighted by atomic mass is 9.96. The van der Waals surface area contributed by atoms with E-state index in [9.17, 15) is 0 Å². The van der Waals surface area contributed by atoms with Gasteiger partial charge in [0.25, 0.3) is 0 Å². The van der Waals surface area contributed by atoms with Gasteiger partial charge in [-0.2, -0.15) is 0 Å². The van der Waals surface area contributed by atoms with Crippen LogP contribution in [0.25, 0.3) is 10.8 Å². The van der Waals surface area contributed by atoms with E-state index in [1.54, 1.807) is 24.3 Å². The third-order valence-electron chi connectivity index (χ3n) is 2.96. The van der Waals surface area contributed by atoms with Gasteiger partial charge in [-0.05, 0) is 35.7 Å². The van der Waals surface area contributed by atoms with Crippen LogP contribution in [0.4, 0.5) is 0 Å². The van der Waals surface area contributed by atoms with E-state index >= 15 is 0 Å². The van der Waals surface area contributed by atoms with Crippen molar-refractivity contribution in [2.24, 2.45) is 0 Å². The van der Waals surface area contributed by atoms with Crippen molar-refractivity contribution in [3.05, 3.63) is 53.9 Å². The van der Waals surface area contributed by atoms with Gasteiger partial charge in [-0.3, -0.25) is 0 Å². The molecule has 6 heteroatoms. The Balaban J connectivity index is 2.84. The van der Waals surface area contributed by atoms with E-state index < -0.39 is 7.59 Å². The summed E-state index contributed by atoms with van der Waals surface area (Å²) in [6.07, 6.45) is 0.489. The molecule has 107 valence electrons. The molecule has 20 heavy (non-hydrogen) atoms. The van der Waals surface area contributed by atoms with E-state index in [0.717, 1.165) is 16.3 Å². The molecule has 0 fully saturated rings. The van der Waals surface area contributed by atoms with E-state index in [1.807, 2.05) is 6.07 Å². The Morgan fingerprint density at radius 3 is 2.05 bits per heavy atom. The average Bonchev–Trinajstić information content (AvgIpc) is 2.34. The maximum Gasteiger partial charge on any atom is 0.216 e. The molecule has 0 amide bonds. The molecule has 2 rings (SSSR count). The minimum absolute atomic E-state index is 0.489. The molecule has 0 saturated carbocycles. The predicted octanol–water partition coefficient (Wildman–Crippen LogP) is 6.87. The molecular formula is C14H9Cl6. The maximum atomic E-state index is 6.03. The third kappa shape index (κ3) is 3.43. The van der Waals surface area contributed by atoms with Crippen molar-refractivity contribution in [3.8, 4) is 0 Å². The number of halogens is 6. The normalized spacial score (nSPS) is 12.9. The fourth-order valence-electron chi connectivity index (χ4n) is 2.11. The minimum atomic E-state index is -1.52. The summed E-state index contributed by atoms with van der Waals surface area (Å²) in [6, 6.07) is 9.01. The standard InChI is InChI=1S/C14H9Cl6/c1-2-8-6-10(13(15,16)17)7-9-4-3-5-11(12(8)9)14(18,19)20/h3-7H,1-2H2. The molecule has 2 aromatic rings. The summed E-state index contributed by atoms with van der Waals surface area (Å²) in [5, 5.41) is 1.68. The number of alkyl halides is 6. The quantitative estimate of drug-likeness (QED) is 0.467. The van der Waals surface area contributed by atoms with Crippen LogP contribution in [0.1, 0.15) is 16.7 Å². The van der Waals surface area contributed by atoms with Crippen molar-refractivity contribution in [2.75, 3.05) is 0 Å². The summed E-state index contributed by atoms with van der Waals surface area (Å²) in [5.41, 5.74) is 2.02. The largest absolute Gasteiger partial charge is 0.216 e. The molecule has 0 aliphatic rings. The van der Waals surface area contributed by atoms with E-state index in [4.69, 9.17) is 69.6 Å². The molecule has 2 aromatic carbocycles. The highest BCUT2D eigenvalue weighted by Gasteiger charge is 2.28. The number of rotatable bonds is 1. The van der Waals surface area contributed by atoms with Gasteiger partial charge in [0.1, 0.15) is 0 Å². The Bertz CT molecular complexity index is 636. The smallest absolute Gasteiger partial charge is 0.0784 e. The van der Waals surface area contributed by atoms with Gasteiger partial charge < -0.3 is 0 Å². The van der Waals surface area contributed by atoms with Gasteiger partial charge in [-0.25, -0.2) is 0 Å². The number of hydrogen-bond donors (Lipinski definition) is 0. The van der Waals surface area contributed by atoms with Crippen LogP contribution < -0.4 is 0 Å². The minimum Gasteiger partial charge on any atom is -0.0784 e. The van der Waals surface area contributed by atoms with Gasteiger partial charge in [0, 0.05) is 11.1 Å². The van der Waals surface area contributed by atoms with Gasteiger partial charge >= 0.3 is 0 Å². The van der Waals surface area contributed by atoms with E-state index in [-0.39, 0.29) is 0 Å². The molecular weight excluding hydrogens is 381 g/mol. The summed E-state index contributed by atoms with van der Waals surface area (Å²) in [7, 11) is 0. The van der Waals surface area contributed by atoms with Crippen molar-refractivity contribution in [1.29, 1.82) is 0 Å². The first-order valence-corrected chi connectivity index (χ1v) is 7.90. The highest BCUT2D eigenvalue weighted by molar-refractivity contribution is 6.67. The lowest BCUT2D eigenvalue weighted by Crippen LogP contribution is -2.06. The Morgan fingerprint density at radius 1 is 0.900 bits per heavy atom. The second-order valence-corrected chi connectivity index (χ2v) is 8.85. The topological polar surface area (TPSA) is 0 Å². The molecule has 0 N–H and O–H groups in total. The summed E-state index contributed by atoms with van der Waals surface area (Å²) in [5.74, 6) is 0. The Kier molecular flexibility index (Phi) is 4.97. The van der Waals surface area contributed by atoms with Crippen LogP contribution in [0, 0.1) is 6.92 Å². The predicted molar refractivity (Wildman–Crippen MR) is 91.5 cm³/mol. The molecule has 0 heterocycles. The number of benzene rings is 2. The molecule has 0 aliphatic carbocycles. The van der Waals surface area contributed by atoms with Crippen molar-refractivity contribution in [1.82, 2.24) is 0 Å². The monoisotopic (exact) mass is 387 g/mol. The Labute approximate surface area is 147 Å². The second kappa shape index (κ2) is 5.91. The molecule has 0 atom stereocenters. The lowest BCUT2D eigenvalue weighted by molar-refractivity contribution is 1.19. The number of hydrogen-bond acceptors (Lipinski definition) is 0. The Morgan fingerprint density at radius 2 is 1.55 bits per heavy atom. The average molecular weight is 390 g/mol. The highest BCUT2D eigenvalue weighted by atomic mass is 35.6. The zero-order valence-corrected chi connectivity index (χ0v) is 14.6. The molecule has 0 unspecified atom stereocenters. The first-order valence-electron chi connectivity index (χ1n) is 5.64. The fourth-order valence-corrected chi connectivity index (χ4v) is 2.91. The summed E-state index contributed by atoms with van der Waals surface area (Å²) >= 11 is 35.9. The first-order chi connectivity index (χ1) is 9.14. The van der Waals surface area contributed by atoms with Crippen LogP contribution in [0.15, 0.2) is 30.3 Å². The van der Waals surface area contributed by atoms with Crippen molar-refractivity contribution < 1.29 is 0 Å². The summed E-state index contributed by atoms with van der Waals surface area (Å²) in [6.45, 7) is 3.89. The zero-order valence-electron chi connectivity index (χ0n) is 10.1. The molecule has 0 bridgehead atoms. The maximum absolute atomic E-state index is 6.03. The van der Waals surface area contributed by atoms with Gasteiger partial charge in [-0.15, -0.1) is 0 Å². The second-order valence-electron chi connectivity index (χ2n) is 4.28. The highest BCUT2D eigenvalue weighted by Crippen LogP contribution is 2.45. The molecule has 0 nitrogen and oxygen atoms in total. The molecule has 1 radical (unpaired) electrons. The lowest BCUT2D eigenvalue weighted by Gasteiger charge is -2.20. The van der Waals surface area contributed by atoms with E-state index in [2.05, 4.69) is 6.92 Å². The van der Waals surface area contributed by atoms with Crippen LogP contribution in [-0.4, -0.2) is 0 Å². The van der Waals surface area contributed by atoms with E-state index in [0.29, 0.717) is 17.5 Å². The van der Waals surface area contributed by atoms with Crippen LogP contribution in [0.5, 0.6) is 0 Å². The van der Waals surface area contributed by atoms with Gasteiger partial charge in [0.15, 0.2) is 0 Å². The third-order valence-corrected chi connectivity index (χ3v) is 4.23. The van der Waals surface area contributed by atoms with Crippen molar-refractivity contribution >= 4 is 80.4 Å².